The van der Waals surface area contributed by atoms with Crippen LogP contribution in [0.5, 0.6) is 11.5 Å². The Morgan fingerprint density at radius 2 is 2.22 bits per heavy atom. The number of hydrogen-bond acceptors (Lipinski definition) is 8. The Kier molecular flexibility index (Phi) is 5.73. The number of halogens is 1. The SMILES string of the molecule is COc1cc(N(C)C2CCNC2)c(N)cc1Nc1ncc(Cl)c(-c2cn3c4c(cccc24)OCC3)n1. The average molecular weight is 506 g/mol. The second-order valence-corrected chi connectivity index (χ2v) is 9.53. The fraction of sp³-hybridized carbons (Fsp3) is 0.308. The van der Waals surface area contributed by atoms with Crippen LogP contribution < -0.4 is 30.7 Å². The summed E-state index contributed by atoms with van der Waals surface area (Å²) < 4.78 is 13.7. The van der Waals surface area contributed by atoms with Crippen LogP contribution >= 0.6 is 11.6 Å². The quantitative estimate of drug-likeness (QED) is 0.334. The molecule has 4 heterocycles. The lowest BCUT2D eigenvalue weighted by atomic mass is 10.1. The lowest BCUT2D eigenvalue weighted by molar-refractivity contribution is 0.287. The van der Waals surface area contributed by atoms with Gasteiger partial charge >= 0.3 is 0 Å². The van der Waals surface area contributed by atoms with Gasteiger partial charge in [0.1, 0.15) is 18.1 Å². The van der Waals surface area contributed by atoms with Crippen LogP contribution in [-0.2, 0) is 6.54 Å². The number of nitrogen functional groups attached to an aromatic ring is 1. The maximum Gasteiger partial charge on any atom is 0.227 e. The molecule has 2 aliphatic rings. The minimum atomic E-state index is 0.391. The molecule has 1 atom stereocenters. The van der Waals surface area contributed by atoms with E-state index < -0.39 is 0 Å². The number of aromatic nitrogens is 3. The number of ether oxygens (including phenoxy) is 2. The Labute approximate surface area is 214 Å². The zero-order valence-electron chi connectivity index (χ0n) is 20.2. The van der Waals surface area contributed by atoms with E-state index in [2.05, 4.69) is 44.4 Å². The van der Waals surface area contributed by atoms with Gasteiger partial charge in [0.15, 0.2) is 0 Å². The third-order valence-corrected chi connectivity index (χ3v) is 7.28. The number of benzene rings is 2. The summed E-state index contributed by atoms with van der Waals surface area (Å²) in [5.74, 6) is 1.92. The molecule has 0 saturated carbocycles. The number of methoxy groups -OCH3 is 1. The van der Waals surface area contributed by atoms with E-state index in [9.17, 15) is 0 Å². The fourth-order valence-corrected chi connectivity index (χ4v) is 5.32. The zero-order chi connectivity index (χ0) is 24.8. The van der Waals surface area contributed by atoms with Crippen LogP contribution in [0.4, 0.5) is 23.0 Å². The topological polar surface area (TPSA) is 102 Å². The number of nitrogens with one attached hydrogen (secondary N) is 2. The second-order valence-electron chi connectivity index (χ2n) is 9.12. The fourth-order valence-electron chi connectivity index (χ4n) is 5.12. The third kappa shape index (κ3) is 3.84. The Morgan fingerprint density at radius 1 is 1.33 bits per heavy atom. The van der Waals surface area contributed by atoms with Gasteiger partial charge in [-0.3, -0.25) is 0 Å². The zero-order valence-corrected chi connectivity index (χ0v) is 21.0. The molecule has 36 heavy (non-hydrogen) atoms. The van der Waals surface area contributed by atoms with Crippen molar-refractivity contribution < 1.29 is 9.47 Å². The van der Waals surface area contributed by atoms with Gasteiger partial charge in [0.25, 0.3) is 0 Å². The van der Waals surface area contributed by atoms with E-state index in [1.807, 2.05) is 24.3 Å². The van der Waals surface area contributed by atoms with Crippen molar-refractivity contribution in [2.24, 2.45) is 0 Å². The molecule has 2 aromatic carbocycles. The summed E-state index contributed by atoms with van der Waals surface area (Å²) >= 11 is 6.59. The van der Waals surface area contributed by atoms with E-state index >= 15 is 0 Å². The minimum absolute atomic E-state index is 0.391. The van der Waals surface area contributed by atoms with E-state index in [1.165, 1.54) is 0 Å². The van der Waals surface area contributed by atoms with Gasteiger partial charge in [-0.15, -0.1) is 0 Å². The van der Waals surface area contributed by atoms with Crippen molar-refractivity contribution in [1.29, 1.82) is 0 Å². The van der Waals surface area contributed by atoms with Crippen LogP contribution in [0.3, 0.4) is 0 Å². The van der Waals surface area contributed by atoms with Gasteiger partial charge in [-0.1, -0.05) is 23.7 Å². The summed E-state index contributed by atoms with van der Waals surface area (Å²) in [7, 11) is 3.70. The molecule has 0 amide bonds. The van der Waals surface area contributed by atoms with Gasteiger partial charge in [-0.2, -0.15) is 0 Å². The van der Waals surface area contributed by atoms with Crippen molar-refractivity contribution in [3.63, 3.8) is 0 Å². The van der Waals surface area contributed by atoms with Crippen molar-refractivity contribution >= 4 is 45.5 Å². The van der Waals surface area contributed by atoms with Gasteiger partial charge in [-0.25, -0.2) is 9.97 Å². The van der Waals surface area contributed by atoms with Crippen LogP contribution in [0.2, 0.25) is 5.02 Å². The second kappa shape index (κ2) is 9.07. The number of anilines is 4. The predicted octanol–water partition coefficient (Wildman–Crippen LogP) is 4.28. The number of rotatable bonds is 6. The normalized spacial score (nSPS) is 16.7. The molecule has 0 bridgehead atoms. The minimum Gasteiger partial charge on any atom is -0.494 e. The maximum atomic E-state index is 6.59. The highest BCUT2D eigenvalue weighted by atomic mass is 35.5. The summed E-state index contributed by atoms with van der Waals surface area (Å²) in [4.78, 5) is 11.4. The number of nitrogens with zero attached hydrogens (tertiary/aromatic N) is 4. The summed E-state index contributed by atoms with van der Waals surface area (Å²) in [6.07, 6.45) is 4.76. The van der Waals surface area contributed by atoms with Crippen LogP contribution in [0.15, 0.2) is 42.7 Å². The first kappa shape index (κ1) is 22.8. The third-order valence-electron chi connectivity index (χ3n) is 7.01. The van der Waals surface area contributed by atoms with E-state index in [-0.39, 0.29) is 0 Å². The van der Waals surface area contributed by atoms with Gasteiger partial charge in [0.05, 0.1) is 53.1 Å². The molecule has 9 nitrogen and oxygen atoms in total. The van der Waals surface area contributed by atoms with E-state index in [4.69, 9.17) is 31.8 Å². The predicted molar refractivity (Wildman–Crippen MR) is 144 cm³/mol. The Bertz CT molecular complexity index is 1450. The molecular weight excluding hydrogens is 478 g/mol. The van der Waals surface area contributed by atoms with Crippen molar-refractivity contribution in [3.05, 3.63) is 47.7 Å². The highest BCUT2D eigenvalue weighted by Crippen LogP contribution is 2.40. The van der Waals surface area contributed by atoms with Crippen molar-refractivity contribution in [2.45, 2.75) is 19.0 Å². The van der Waals surface area contributed by atoms with Crippen molar-refractivity contribution in [1.82, 2.24) is 19.9 Å². The smallest absolute Gasteiger partial charge is 0.227 e. The van der Waals surface area contributed by atoms with Gasteiger partial charge < -0.3 is 35.3 Å². The molecule has 186 valence electrons. The van der Waals surface area contributed by atoms with Crippen molar-refractivity contribution in [2.75, 3.05) is 49.8 Å². The number of nitrogens with two attached hydrogens (primary N) is 1. The van der Waals surface area contributed by atoms with Gasteiger partial charge in [0, 0.05) is 42.8 Å². The van der Waals surface area contributed by atoms with E-state index in [1.54, 1.807) is 13.3 Å². The standard InChI is InChI=1S/C26H28ClN7O2/c1-33(15-6-7-29-12-15)21-11-23(35-2)20(10-19(21)28)31-26-30-13-18(27)24(32-26)17-14-34-8-9-36-22-5-3-4-16(17)25(22)34/h3-5,10-11,13-15,29H,6-9,12,28H2,1-2H3,(H,30,31,32). The average Bonchev–Trinajstić information content (AvgIpc) is 3.55. The number of hydrogen-bond donors (Lipinski definition) is 3. The molecule has 1 unspecified atom stereocenters. The molecule has 0 spiro atoms. The first-order valence-corrected chi connectivity index (χ1v) is 12.4. The Hall–Kier alpha value is -3.69. The van der Waals surface area contributed by atoms with Gasteiger partial charge in [0.2, 0.25) is 5.95 Å². The molecular formula is C26H28ClN7O2. The molecule has 1 fully saturated rings. The summed E-state index contributed by atoms with van der Waals surface area (Å²) in [5, 5.41) is 8.19. The van der Waals surface area contributed by atoms with Crippen LogP contribution in [0, 0.1) is 0 Å². The summed E-state index contributed by atoms with van der Waals surface area (Å²) in [5.41, 5.74) is 11.4. The first-order chi connectivity index (χ1) is 17.5. The van der Waals surface area contributed by atoms with E-state index in [0.717, 1.165) is 54.0 Å². The molecule has 2 aromatic heterocycles. The molecule has 4 aromatic rings. The molecule has 1 saturated heterocycles. The monoisotopic (exact) mass is 505 g/mol. The molecule has 10 heteroatoms. The maximum absolute atomic E-state index is 6.59. The Balaban J connectivity index is 1.36. The van der Waals surface area contributed by atoms with E-state index in [0.29, 0.717) is 46.4 Å². The largest absolute Gasteiger partial charge is 0.494 e. The lowest BCUT2D eigenvalue weighted by Gasteiger charge is -2.28. The molecule has 0 aliphatic carbocycles. The lowest BCUT2D eigenvalue weighted by Crippen LogP contribution is -2.33. The summed E-state index contributed by atoms with van der Waals surface area (Å²) in [6.45, 7) is 3.35. The highest BCUT2D eigenvalue weighted by molar-refractivity contribution is 6.33. The van der Waals surface area contributed by atoms with Crippen molar-refractivity contribution in [3.8, 4) is 22.8 Å². The van der Waals surface area contributed by atoms with Crippen LogP contribution in [0.25, 0.3) is 22.2 Å². The molecule has 2 aliphatic heterocycles. The van der Waals surface area contributed by atoms with Crippen LogP contribution in [-0.4, -0.2) is 54.4 Å². The van der Waals surface area contributed by atoms with Crippen LogP contribution in [0.1, 0.15) is 6.42 Å². The highest BCUT2D eigenvalue weighted by Gasteiger charge is 2.23. The summed E-state index contributed by atoms with van der Waals surface area (Å²) in [6, 6.07) is 10.2. The first-order valence-electron chi connectivity index (χ1n) is 12.0. The number of para-hydroxylation sites is 1. The van der Waals surface area contributed by atoms with Gasteiger partial charge in [-0.05, 0) is 25.1 Å². The number of likely N-dealkylation sites (N-methyl/N-ethyl adjacent to an activating group) is 1. The molecule has 0 radical (unpaired) electrons. The molecule has 4 N–H and O–H groups in total. The molecule has 6 rings (SSSR count). The Morgan fingerprint density at radius 3 is 3.03 bits per heavy atom.